The minimum atomic E-state index is -0.456. The monoisotopic (exact) mass is 238 g/mol. The van der Waals surface area contributed by atoms with E-state index < -0.39 is 5.91 Å². The lowest BCUT2D eigenvalue weighted by Gasteiger charge is -2.00. The standard InChI is InChI=1S/C15H14N2O/c16-15(18)13-8-4-5-9-14(13)17-11-10-12-6-2-1-3-7-12/h1-9,11H,10H2,(H2,16,18). The van der Waals surface area contributed by atoms with Crippen LogP contribution in [0.2, 0.25) is 0 Å². The van der Waals surface area contributed by atoms with E-state index in [0.29, 0.717) is 11.3 Å². The maximum Gasteiger partial charge on any atom is 0.250 e. The molecule has 0 bridgehead atoms. The molecule has 0 aliphatic rings. The van der Waals surface area contributed by atoms with Gasteiger partial charge in [-0.2, -0.15) is 0 Å². The number of rotatable bonds is 4. The van der Waals surface area contributed by atoms with Crippen LogP contribution in [0, 0.1) is 0 Å². The number of hydrogen-bond donors (Lipinski definition) is 1. The van der Waals surface area contributed by atoms with Crippen LogP contribution in [0.15, 0.2) is 59.6 Å². The second kappa shape index (κ2) is 5.77. The number of benzene rings is 2. The summed E-state index contributed by atoms with van der Waals surface area (Å²) in [7, 11) is 0. The topological polar surface area (TPSA) is 55.5 Å². The zero-order valence-corrected chi connectivity index (χ0v) is 9.91. The van der Waals surface area contributed by atoms with Crippen molar-refractivity contribution in [2.45, 2.75) is 6.42 Å². The Labute approximate surface area is 106 Å². The van der Waals surface area contributed by atoms with Gasteiger partial charge in [0.2, 0.25) is 0 Å². The number of nitrogens with two attached hydrogens (primary N) is 1. The maximum absolute atomic E-state index is 11.2. The molecule has 0 fully saturated rings. The number of hydrogen-bond acceptors (Lipinski definition) is 2. The van der Waals surface area contributed by atoms with E-state index in [2.05, 4.69) is 4.99 Å². The fourth-order valence-electron chi connectivity index (χ4n) is 1.66. The second-order valence-corrected chi connectivity index (χ2v) is 3.88. The van der Waals surface area contributed by atoms with Gasteiger partial charge in [-0.15, -0.1) is 0 Å². The summed E-state index contributed by atoms with van der Waals surface area (Å²) in [6.07, 6.45) is 2.52. The normalized spacial score (nSPS) is 10.7. The first kappa shape index (κ1) is 12.0. The van der Waals surface area contributed by atoms with Crippen molar-refractivity contribution in [1.82, 2.24) is 0 Å². The summed E-state index contributed by atoms with van der Waals surface area (Å²) in [5, 5.41) is 0. The summed E-state index contributed by atoms with van der Waals surface area (Å²) >= 11 is 0. The summed E-state index contributed by atoms with van der Waals surface area (Å²) in [6, 6.07) is 17.1. The van der Waals surface area contributed by atoms with Gasteiger partial charge in [0.05, 0.1) is 11.3 Å². The molecule has 2 N–H and O–H groups in total. The Kier molecular flexibility index (Phi) is 3.86. The zero-order chi connectivity index (χ0) is 12.8. The molecule has 0 unspecified atom stereocenters. The van der Waals surface area contributed by atoms with Crippen LogP contribution in [-0.2, 0) is 6.42 Å². The molecule has 90 valence electrons. The number of primary amides is 1. The van der Waals surface area contributed by atoms with E-state index in [0.717, 1.165) is 6.42 Å². The smallest absolute Gasteiger partial charge is 0.250 e. The molecule has 18 heavy (non-hydrogen) atoms. The fourth-order valence-corrected chi connectivity index (χ4v) is 1.66. The van der Waals surface area contributed by atoms with Crippen LogP contribution in [0.4, 0.5) is 5.69 Å². The van der Waals surface area contributed by atoms with Crippen LogP contribution in [0.5, 0.6) is 0 Å². The molecule has 0 aromatic heterocycles. The second-order valence-electron chi connectivity index (χ2n) is 3.88. The van der Waals surface area contributed by atoms with Gasteiger partial charge < -0.3 is 5.73 Å². The highest BCUT2D eigenvalue weighted by Crippen LogP contribution is 2.17. The third kappa shape index (κ3) is 3.04. The summed E-state index contributed by atoms with van der Waals surface area (Å²) < 4.78 is 0. The molecule has 0 spiro atoms. The highest BCUT2D eigenvalue weighted by atomic mass is 16.1. The Morgan fingerprint density at radius 3 is 2.44 bits per heavy atom. The van der Waals surface area contributed by atoms with Gasteiger partial charge in [-0.3, -0.25) is 9.79 Å². The minimum absolute atomic E-state index is 0.446. The van der Waals surface area contributed by atoms with Crippen molar-refractivity contribution >= 4 is 17.8 Å². The molecular formula is C15H14N2O. The molecule has 1 amide bonds. The Morgan fingerprint density at radius 1 is 1.06 bits per heavy atom. The lowest BCUT2D eigenvalue weighted by Crippen LogP contribution is -2.10. The van der Waals surface area contributed by atoms with E-state index in [9.17, 15) is 4.79 Å². The first-order valence-electron chi connectivity index (χ1n) is 5.72. The predicted octanol–water partition coefficient (Wildman–Crippen LogP) is 2.73. The molecule has 0 heterocycles. The molecule has 0 aliphatic heterocycles. The summed E-state index contributed by atoms with van der Waals surface area (Å²) in [6.45, 7) is 0. The molecular weight excluding hydrogens is 224 g/mol. The summed E-state index contributed by atoms with van der Waals surface area (Å²) in [5.41, 5.74) is 7.52. The number of para-hydroxylation sites is 1. The van der Waals surface area contributed by atoms with Crippen molar-refractivity contribution in [3.05, 3.63) is 65.7 Å². The van der Waals surface area contributed by atoms with Gasteiger partial charge in [0.15, 0.2) is 0 Å². The average Bonchev–Trinajstić information content (AvgIpc) is 2.40. The van der Waals surface area contributed by atoms with E-state index >= 15 is 0 Å². The number of carbonyl (C=O) groups excluding carboxylic acids is 1. The van der Waals surface area contributed by atoms with Crippen LogP contribution in [0.3, 0.4) is 0 Å². The minimum Gasteiger partial charge on any atom is -0.366 e. The lowest BCUT2D eigenvalue weighted by molar-refractivity contribution is 0.100. The van der Waals surface area contributed by atoms with Gasteiger partial charge in [-0.05, 0) is 17.7 Å². The fraction of sp³-hybridized carbons (Fsp3) is 0.0667. The van der Waals surface area contributed by atoms with Crippen molar-refractivity contribution < 1.29 is 4.79 Å². The molecule has 0 radical (unpaired) electrons. The summed E-state index contributed by atoms with van der Waals surface area (Å²) in [4.78, 5) is 15.5. The molecule has 0 aliphatic carbocycles. The van der Waals surface area contributed by atoms with Gasteiger partial charge >= 0.3 is 0 Å². The molecule has 2 rings (SSSR count). The van der Waals surface area contributed by atoms with Crippen LogP contribution < -0.4 is 5.73 Å². The largest absolute Gasteiger partial charge is 0.366 e. The molecule has 3 nitrogen and oxygen atoms in total. The van der Waals surface area contributed by atoms with Crippen molar-refractivity contribution in [3.63, 3.8) is 0 Å². The van der Waals surface area contributed by atoms with Crippen molar-refractivity contribution in [1.29, 1.82) is 0 Å². The Hall–Kier alpha value is -2.42. The van der Waals surface area contributed by atoms with Gasteiger partial charge in [0.25, 0.3) is 5.91 Å². The van der Waals surface area contributed by atoms with Crippen LogP contribution in [0.25, 0.3) is 0 Å². The SMILES string of the molecule is NC(=O)c1ccccc1N=CCc1ccccc1. The van der Waals surface area contributed by atoms with Crippen LogP contribution >= 0.6 is 0 Å². The van der Waals surface area contributed by atoms with Crippen LogP contribution in [0.1, 0.15) is 15.9 Å². The van der Waals surface area contributed by atoms with Crippen molar-refractivity contribution in [3.8, 4) is 0 Å². The van der Waals surface area contributed by atoms with E-state index in [1.54, 1.807) is 24.4 Å². The number of carbonyl (C=O) groups is 1. The average molecular weight is 238 g/mol. The Balaban J connectivity index is 2.12. The zero-order valence-electron chi connectivity index (χ0n) is 9.91. The highest BCUT2D eigenvalue weighted by molar-refractivity contribution is 5.98. The quantitative estimate of drug-likeness (QED) is 0.818. The van der Waals surface area contributed by atoms with E-state index in [-0.39, 0.29) is 0 Å². The highest BCUT2D eigenvalue weighted by Gasteiger charge is 2.04. The molecule has 0 saturated heterocycles. The molecule has 2 aromatic carbocycles. The number of nitrogens with zero attached hydrogens (tertiary/aromatic N) is 1. The van der Waals surface area contributed by atoms with Crippen molar-refractivity contribution in [2.75, 3.05) is 0 Å². The third-order valence-corrected chi connectivity index (χ3v) is 2.57. The van der Waals surface area contributed by atoms with E-state index in [1.807, 2.05) is 36.4 Å². The first-order valence-corrected chi connectivity index (χ1v) is 5.72. The Bertz CT molecular complexity index is 562. The van der Waals surface area contributed by atoms with Gasteiger partial charge in [0.1, 0.15) is 0 Å². The van der Waals surface area contributed by atoms with E-state index in [1.165, 1.54) is 5.56 Å². The maximum atomic E-state index is 11.2. The Morgan fingerprint density at radius 2 is 1.72 bits per heavy atom. The van der Waals surface area contributed by atoms with Crippen LogP contribution in [-0.4, -0.2) is 12.1 Å². The molecule has 2 aromatic rings. The summed E-state index contributed by atoms with van der Waals surface area (Å²) in [5.74, 6) is -0.456. The molecule has 0 atom stereocenters. The van der Waals surface area contributed by atoms with Gasteiger partial charge in [0, 0.05) is 12.6 Å². The predicted molar refractivity (Wildman–Crippen MR) is 73.3 cm³/mol. The van der Waals surface area contributed by atoms with Crippen molar-refractivity contribution in [2.24, 2.45) is 10.7 Å². The van der Waals surface area contributed by atoms with E-state index in [4.69, 9.17) is 5.73 Å². The first-order chi connectivity index (χ1) is 8.77. The van der Waals surface area contributed by atoms with Gasteiger partial charge in [-0.1, -0.05) is 42.5 Å². The lowest BCUT2D eigenvalue weighted by atomic mass is 10.1. The molecule has 0 saturated carbocycles. The molecule has 3 heteroatoms. The number of aliphatic imine (C=N–C) groups is 1. The van der Waals surface area contributed by atoms with Gasteiger partial charge in [-0.25, -0.2) is 0 Å². The number of amides is 1. The third-order valence-electron chi connectivity index (χ3n) is 2.57.